The number of amides is 1. The third-order valence-corrected chi connectivity index (χ3v) is 3.32. The van der Waals surface area contributed by atoms with E-state index in [4.69, 9.17) is 5.73 Å². The molecule has 0 aromatic carbocycles. The van der Waals surface area contributed by atoms with Gasteiger partial charge in [-0.1, -0.05) is 32.4 Å². The molecule has 1 aliphatic carbocycles. The first kappa shape index (κ1) is 12.2. The number of carbonyl (C=O) groups excluding carboxylic acids is 1. The Kier molecular flexibility index (Phi) is 4.33. The molecule has 0 radical (unpaired) electrons. The second-order valence-electron chi connectivity index (χ2n) is 4.57. The first-order chi connectivity index (χ1) is 7.04. The van der Waals surface area contributed by atoms with Crippen LogP contribution in [0.25, 0.3) is 0 Å². The molecule has 4 atom stereocenters. The van der Waals surface area contributed by atoms with E-state index in [-0.39, 0.29) is 23.9 Å². The van der Waals surface area contributed by atoms with Crippen LogP contribution in [0.4, 0.5) is 0 Å². The monoisotopic (exact) mass is 210 g/mol. The minimum atomic E-state index is -0.0218. The van der Waals surface area contributed by atoms with Gasteiger partial charge in [-0.15, -0.1) is 0 Å². The van der Waals surface area contributed by atoms with E-state index in [1.54, 1.807) is 0 Å². The number of carbonyl (C=O) groups is 1. The lowest BCUT2D eigenvalue weighted by Crippen LogP contribution is -2.40. The van der Waals surface area contributed by atoms with Crippen molar-refractivity contribution in [1.82, 2.24) is 5.32 Å². The molecule has 0 aliphatic heterocycles. The van der Waals surface area contributed by atoms with Gasteiger partial charge in [0.1, 0.15) is 0 Å². The first-order valence-electron chi connectivity index (χ1n) is 5.78. The predicted octanol–water partition coefficient (Wildman–Crippen LogP) is 1.44. The highest BCUT2D eigenvalue weighted by Crippen LogP contribution is 2.17. The van der Waals surface area contributed by atoms with Crippen LogP contribution < -0.4 is 11.1 Å². The van der Waals surface area contributed by atoms with Crippen LogP contribution in [-0.4, -0.2) is 18.0 Å². The Bertz CT molecular complexity index is 250. The summed E-state index contributed by atoms with van der Waals surface area (Å²) >= 11 is 0. The van der Waals surface area contributed by atoms with Crippen LogP contribution >= 0.6 is 0 Å². The molecule has 0 aromatic heterocycles. The lowest BCUT2D eigenvalue weighted by Gasteiger charge is -2.21. The molecule has 3 N–H and O–H groups in total. The van der Waals surface area contributed by atoms with Crippen LogP contribution in [0.5, 0.6) is 0 Å². The zero-order chi connectivity index (χ0) is 11.4. The number of rotatable bonds is 4. The topological polar surface area (TPSA) is 55.1 Å². The van der Waals surface area contributed by atoms with E-state index in [1.165, 1.54) is 0 Å². The molecule has 0 fully saturated rings. The maximum absolute atomic E-state index is 11.8. The van der Waals surface area contributed by atoms with Crippen molar-refractivity contribution in [3.05, 3.63) is 12.2 Å². The highest BCUT2D eigenvalue weighted by molar-refractivity contribution is 5.81. The molecule has 1 rings (SSSR count). The van der Waals surface area contributed by atoms with Gasteiger partial charge in [-0.3, -0.25) is 4.79 Å². The van der Waals surface area contributed by atoms with Crippen molar-refractivity contribution in [3.63, 3.8) is 0 Å². The van der Waals surface area contributed by atoms with Gasteiger partial charge < -0.3 is 11.1 Å². The minimum Gasteiger partial charge on any atom is -0.353 e. The molecule has 86 valence electrons. The highest BCUT2D eigenvalue weighted by Gasteiger charge is 2.24. The van der Waals surface area contributed by atoms with Gasteiger partial charge >= 0.3 is 0 Å². The molecule has 3 nitrogen and oxygen atoms in total. The number of hydrogen-bond donors (Lipinski definition) is 2. The molecular formula is C12H22N2O. The molecule has 1 aliphatic rings. The van der Waals surface area contributed by atoms with Crippen LogP contribution in [0.3, 0.4) is 0 Å². The van der Waals surface area contributed by atoms with Gasteiger partial charge in [-0.2, -0.15) is 0 Å². The Labute approximate surface area is 92.1 Å². The lowest BCUT2D eigenvalue weighted by molar-refractivity contribution is -0.124. The van der Waals surface area contributed by atoms with E-state index < -0.39 is 0 Å². The molecule has 15 heavy (non-hydrogen) atoms. The minimum absolute atomic E-state index is 0.0218. The van der Waals surface area contributed by atoms with Crippen LogP contribution in [0, 0.1) is 11.8 Å². The normalized spacial score (nSPS) is 28.8. The summed E-state index contributed by atoms with van der Waals surface area (Å²) in [5, 5.41) is 3.05. The number of nitrogens with one attached hydrogen (secondary N) is 1. The van der Waals surface area contributed by atoms with E-state index in [0.29, 0.717) is 5.92 Å². The molecule has 1 amide bonds. The Morgan fingerprint density at radius 3 is 2.67 bits per heavy atom. The van der Waals surface area contributed by atoms with Crippen molar-refractivity contribution < 1.29 is 4.79 Å². The molecule has 0 aromatic rings. The summed E-state index contributed by atoms with van der Waals surface area (Å²) in [6.07, 6.45) is 5.67. The summed E-state index contributed by atoms with van der Waals surface area (Å²) in [5.74, 6) is 0.617. The Morgan fingerprint density at radius 2 is 2.20 bits per heavy atom. The molecule has 0 spiro atoms. The number of hydrogen-bond acceptors (Lipinski definition) is 2. The second kappa shape index (κ2) is 5.31. The van der Waals surface area contributed by atoms with Crippen LogP contribution in [0.15, 0.2) is 12.2 Å². The Balaban J connectivity index is 2.39. The second-order valence-corrected chi connectivity index (χ2v) is 4.57. The third kappa shape index (κ3) is 3.34. The zero-order valence-electron chi connectivity index (χ0n) is 9.86. The summed E-state index contributed by atoms with van der Waals surface area (Å²) in [7, 11) is 0. The number of nitrogens with two attached hydrogens (primary N) is 1. The summed E-state index contributed by atoms with van der Waals surface area (Å²) < 4.78 is 0. The molecule has 0 bridgehead atoms. The van der Waals surface area contributed by atoms with Gasteiger partial charge in [-0.25, -0.2) is 0 Å². The summed E-state index contributed by atoms with van der Waals surface area (Å²) in [4.78, 5) is 11.8. The van der Waals surface area contributed by atoms with Gasteiger partial charge in [-0.05, 0) is 19.3 Å². The summed E-state index contributed by atoms with van der Waals surface area (Å²) in [5.41, 5.74) is 5.71. The molecule has 0 saturated heterocycles. The van der Waals surface area contributed by atoms with E-state index in [1.807, 2.05) is 12.2 Å². The summed E-state index contributed by atoms with van der Waals surface area (Å²) in [6.45, 7) is 6.35. The Morgan fingerprint density at radius 1 is 1.53 bits per heavy atom. The smallest absolute Gasteiger partial charge is 0.227 e. The SMILES string of the molecule is CCC(C)C(C)NC(=O)C1C=CC(N)C1. The third-order valence-electron chi connectivity index (χ3n) is 3.32. The fourth-order valence-electron chi connectivity index (χ4n) is 1.75. The standard InChI is InChI=1S/C12H22N2O/c1-4-8(2)9(3)14-12(15)10-5-6-11(13)7-10/h5-6,8-11H,4,7,13H2,1-3H3,(H,14,15). The fourth-order valence-corrected chi connectivity index (χ4v) is 1.75. The molecule has 0 heterocycles. The maximum Gasteiger partial charge on any atom is 0.227 e. The quantitative estimate of drug-likeness (QED) is 0.690. The summed E-state index contributed by atoms with van der Waals surface area (Å²) in [6, 6.07) is 0.298. The Hall–Kier alpha value is -0.830. The van der Waals surface area contributed by atoms with Crippen molar-refractivity contribution in [2.24, 2.45) is 17.6 Å². The van der Waals surface area contributed by atoms with E-state index in [9.17, 15) is 4.79 Å². The molecule has 4 unspecified atom stereocenters. The highest BCUT2D eigenvalue weighted by atomic mass is 16.1. The van der Waals surface area contributed by atoms with Crippen molar-refractivity contribution >= 4 is 5.91 Å². The van der Waals surface area contributed by atoms with Crippen molar-refractivity contribution in [3.8, 4) is 0 Å². The van der Waals surface area contributed by atoms with Crippen molar-refractivity contribution in [1.29, 1.82) is 0 Å². The van der Waals surface area contributed by atoms with Gasteiger partial charge in [0.2, 0.25) is 5.91 Å². The van der Waals surface area contributed by atoms with Gasteiger partial charge in [0.05, 0.1) is 5.92 Å². The van der Waals surface area contributed by atoms with Crippen molar-refractivity contribution in [2.45, 2.75) is 45.7 Å². The van der Waals surface area contributed by atoms with Gasteiger partial charge in [0.15, 0.2) is 0 Å². The molecular weight excluding hydrogens is 188 g/mol. The van der Waals surface area contributed by atoms with E-state index >= 15 is 0 Å². The zero-order valence-corrected chi connectivity index (χ0v) is 9.86. The predicted molar refractivity (Wildman–Crippen MR) is 62.3 cm³/mol. The van der Waals surface area contributed by atoms with Crippen LogP contribution in [0.2, 0.25) is 0 Å². The fraction of sp³-hybridized carbons (Fsp3) is 0.750. The van der Waals surface area contributed by atoms with Gasteiger partial charge in [0, 0.05) is 12.1 Å². The lowest BCUT2D eigenvalue weighted by atomic mass is 9.99. The average molecular weight is 210 g/mol. The maximum atomic E-state index is 11.8. The van der Waals surface area contributed by atoms with E-state index in [0.717, 1.165) is 12.8 Å². The molecule has 3 heteroatoms. The van der Waals surface area contributed by atoms with Crippen LogP contribution in [0.1, 0.15) is 33.6 Å². The van der Waals surface area contributed by atoms with Gasteiger partial charge in [0.25, 0.3) is 0 Å². The first-order valence-corrected chi connectivity index (χ1v) is 5.78. The molecule has 0 saturated carbocycles. The largest absolute Gasteiger partial charge is 0.353 e. The van der Waals surface area contributed by atoms with Crippen LogP contribution in [-0.2, 0) is 4.79 Å². The van der Waals surface area contributed by atoms with Crippen molar-refractivity contribution in [2.75, 3.05) is 0 Å². The average Bonchev–Trinajstić information content (AvgIpc) is 2.63. The van der Waals surface area contributed by atoms with E-state index in [2.05, 4.69) is 26.1 Å².